The lowest BCUT2D eigenvalue weighted by molar-refractivity contribution is 0.665. The van der Waals surface area contributed by atoms with Crippen LogP contribution in [0.4, 0.5) is 5.69 Å². The van der Waals surface area contributed by atoms with Crippen LogP contribution < -0.4 is 10.5 Å². The van der Waals surface area contributed by atoms with E-state index in [0.717, 1.165) is 32.8 Å². The lowest BCUT2D eigenvalue weighted by Gasteiger charge is -2.15. The number of fused-ring (bicyclic) bond motifs is 1. The molecule has 0 spiro atoms. The third kappa shape index (κ3) is 4.37. The quantitative estimate of drug-likeness (QED) is 0.330. The second kappa shape index (κ2) is 8.98. The van der Waals surface area contributed by atoms with Crippen molar-refractivity contribution in [3.05, 3.63) is 86.1 Å². The Labute approximate surface area is 202 Å². The van der Waals surface area contributed by atoms with E-state index in [0.29, 0.717) is 16.7 Å². The van der Waals surface area contributed by atoms with Gasteiger partial charge in [0, 0.05) is 52.8 Å². The Hall–Kier alpha value is -3.19. The molecule has 0 saturated heterocycles. The average Bonchev–Trinajstić information content (AvgIpc) is 3.06. The molecule has 170 valence electrons. The highest BCUT2D eigenvalue weighted by Crippen LogP contribution is 2.23. The summed E-state index contributed by atoms with van der Waals surface area (Å²) in [5.41, 5.74) is 5.87. The monoisotopic (exact) mass is 505 g/mol. The van der Waals surface area contributed by atoms with Crippen molar-refractivity contribution in [2.75, 3.05) is 19.0 Å². The van der Waals surface area contributed by atoms with Gasteiger partial charge in [-0.25, -0.2) is 4.98 Å². The minimum Gasteiger partial charge on any atom is -0.378 e. The van der Waals surface area contributed by atoms with Crippen molar-refractivity contribution < 1.29 is 0 Å². The standard InChI is InChI=1S/C26H28BrN5O/c1-16(2)25-29-24-12-7-20(27)14-23(24)26(33)32(25)28-15-19-13-17(3)31(18(19)4)22-10-8-21(9-11-22)30(5)6/h7-16H,1-6H3. The van der Waals surface area contributed by atoms with Gasteiger partial charge in [0.05, 0.1) is 17.1 Å². The summed E-state index contributed by atoms with van der Waals surface area (Å²) in [7, 11) is 4.06. The fourth-order valence-electron chi connectivity index (χ4n) is 3.99. The summed E-state index contributed by atoms with van der Waals surface area (Å²) in [6, 6.07) is 16.1. The van der Waals surface area contributed by atoms with E-state index in [2.05, 4.69) is 74.7 Å². The third-order valence-electron chi connectivity index (χ3n) is 5.76. The number of aromatic nitrogens is 3. The smallest absolute Gasteiger partial charge is 0.282 e. The first-order chi connectivity index (χ1) is 15.7. The molecule has 4 aromatic rings. The molecule has 2 aromatic carbocycles. The number of nitrogens with zero attached hydrogens (tertiary/aromatic N) is 5. The number of aryl methyl sites for hydroxylation is 1. The van der Waals surface area contributed by atoms with Gasteiger partial charge in [-0.1, -0.05) is 29.8 Å². The van der Waals surface area contributed by atoms with Crippen LogP contribution in [0.2, 0.25) is 0 Å². The zero-order valence-electron chi connectivity index (χ0n) is 19.8. The van der Waals surface area contributed by atoms with E-state index in [4.69, 9.17) is 4.98 Å². The highest BCUT2D eigenvalue weighted by atomic mass is 79.9. The molecule has 0 amide bonds. The van der Waals surface area contributed by atoms with Gasteiger partial charge in [-0.15, -0.1) is 0 Å². The summed E-state index contributed by atoms with van der Waals surface area (Å²) < 4.78 is 4.46. The summed E-state index contributed by atoms with van der Waals surface area (Å²) in [4.78, 5) is 20.1. The maximum absolute atomic E-state index is 13.3. The van der Waals surface area contributed by atoms with Crippen molar-refractivity contribution in [2.45, 2.75) is 33.6 Å². The maximum Gasteiger partial charge on any atom is 0.282 e. The SMILES string of the molecule is Cc1cc(C=Nn2c(C(C)C)nc3ccc(Br)cc3c2=O)c(C)n1-c1ccc(N(C)C)cc1. The molecule has 0 atom stereocenters. The molecule has 33 heavy (non-hydrogen) atoms. The molecule has 7 heteroatoms. The zero-order chi connectivity index (χ0) is 23.9. The van der Waals surface area contributed by atoms with Crippen LogP contribution in [0, 0.1) is 13.8 Å². The fourth-order valence-corrected chi connectivity index (χ4v) is 4.35. The van der Waals surface area contributed by atoms with Gasteiger partial charge in [0.2, 0.25) is 0 Å². The number of halogens is 1. The van der Waals surface area contributed by atoms with E-state index < -0.39 is 0 Å². The van der Waals surface area contributed by atoms with Crippen molar-refractivity contribution in [1.82, 2.24) is 14.2 Å². The molecule has 2 heterocycles. The molecule has 0 aliphatic heterocycles. The van der Waals surface area contributed by atoms with Gasteiger partial charge in [-0.3, -0.25) is 4.79 Å². The fraction of sp³-hybridized carbons (Fsp3) is 0.269. The Morgan fingerprint density at radius 3 is 2.39 bits per heavy atom. The number of anilines is 1. The Morgan fingerprint density at radius 2 is 1.76 bits per heavy atom. The van der Waals surface area contributed by atoms with Crippen LogP contribution in [-0.2, 0) is 0 Å². The van der Waals surface area contributed by atoms with Gasteiger partial charge in [-0.05, 0) is 62.4 Å². The maximum atomic E-state index is 13.3. The van der Waals surface area contributed by atoms with Crippen LogP contribution >= 0.6 is 15.9 Å². The first kappa shape index (κ1) is 23.0. The van der Waals surface area contributed by atoms with Gasteiger partial charge in [0.15, 0.2) is 0 Å². The molecule has 0 saturated carbocycles. The van der Waals surface area contributed by atoms with Crippen LogP contribution in [-0.4, -0.2) is 34.5 Å². The highest BCUT2D eigenvalue weighted by molar-refractivity contribution is 9.10. The molecule has 0 aliphatic carbocycles. The molecule has 0 unspecified atom stereocenters. The third-order valence-corrected chi connectivity index (χ3v) is 6.25. The summed E-state index contributed by atoms with van der Waals surface area (Å²) in [5.74, 6) is 0.685. The van der Waals surface area contributed by atoms with Crippen molar-refractivity contribution >= 4 is 38.7 Å². The van der Waals surface area contributed by atoms with E-state index in [-0.39, 0.29) is 11.5 Å². The van der Waals surface area contributed by atoms with Gasteiger partial charge in [0.25, 0.3) is 5.56 Å². The van der Waals surface area contributed by atoms with Gasteiger partial charge in [0.1, 0.15) is 5.82 Å². The van der Waals surface area contributed by atoms with E-state index in [1.54, 1.807) is 12.3 Å². The molecule has 2 aromatic heterocycles. The van der Waals surface area contributed by atoms with Crippen LogP contribution in [0.15, 0.2) is 62.9 Å². The van der Waals surface area contributed by atoms with Crippen LogP contribution in [0.5, 0.6) is 0 Å². The second-order valence-electron chi connectivity index (χ2n) is 8.72. The molecule has 0 aliphatic rings. The molecule has 0 N–H and O–H groups in total. The zero-order valence-corrected chi connectivity index (χ0v) is 21.4. The predicted molar refractivity (Wildman–Crippen MR) is 140 cm³/mol. The summed E-state index contributed by atoms with van der Waals surface area (Å²) in [6.07, 6.45) is 1.76. The minimum atomic E-state index is -0.172. The summed E-state index contributed by atoms with van der Waals surface area (Å²) >= 11 is 3.45. The molecule has 0 radical (unpaired) electrons. The normalized spacial score (nSPS) is 11.8. The van der Waals surface area contributed by atoms with E-state index in [1.165, 1.54) is 4.68 Å². The van der Waals surface area contributed by atoms with E-state index in [1.807, 2.05) is 40.1 Å². The number of benzene rings is 2. The topological polar surface area (TPSA) is 55.4 Å². The summed E-state index contributed by atoms with van der Waals surface area (Å²) in [6.45, 7) is 8.17. The van der Waals surface area contributed by atoms with Crippen molar-refractivity contribution in [3.63, 3.8) is 0 Å². The lowest BCUT2D eigenvalue weighted by Crippen LogP contribution is -2.23. The molecular formula is C26H28BrN5O. The first-order valence-corrected chi connectivity index (χ1v) is 11.7. The molecule has 0 bridgehead atoms. The van der Waals surface area contributed by atoms with Gasteiger partial charge < -0.3 is 9.47 Å². The van der Waals surface area contributed by atoms with Crippen LogP contribution in [0.3, 0.4) is 0 Å². The summed E-state index contributed by atoms with van der Waals surface area (Å²) in [5, 5.41) is 5.14. The number of rotatable bonds is 5. The van der Waals surface area contributed by atoms with Crippen molar-refractivity contribution in [2.24, 2.45) is 5.10 Å². The number of hydrogen-bond acceptors (Lipinski definition) is 4. The minimum absolute atomic E-state index is 0.0468. The number of hydrogen-bond donors (Lipinski definition) is 0. The average molecular weight is 506 g/mol. The Kier molecular flexibility index (Phi) is 6.26. The Bertz CT molecular complexity index is 1410. The Balaban J connectivity index is 1.79. The Morgan fingerprint density at radius 1 is 1.06 bits per heavy atom. The lowest BCUT2D eigenvalue weighted by atomic mass is 10.2. The van der Waals surface area contributed by atoms with Crippen LogP contribution in [0.25, 0.3) is 16.6 Å². The van der Waals surface area contributed by atoms with Crippen molar-refractivity contribution in [3.8, 4) is 5.69 Å². The van der Waals surface area contributed by atoms with E-state index >= 15 is 0 Å². The molecule has 6 nitrogen and oxygen atoms in total. The largest absolute Gasteiger partial charge is 0.378 e. The van der Waals surface area contributed by atoms with Crippen LogP contribution in [0.1, 0.15) is 42.5 Å². The van der Waals surface area contributed by atoms with Gasteiger partial charge >= 0.3 is 0 Å². The first-order valence-electron chi connectivity index (χ1n) is 10.9. The van der Waals surface area contributed by atoms with Crippen molar-refractivity contribution in [1.29, 1.82) is 0 Å². The molecular weight excluding hydrogens is 478 g/mol. The highest BCUT2D eigenvalue weighted by Gasteiger charge is 2.15. The molecule has 4 rings (SSSR count). The van der Waals surface area contributed by atoms with Gasteiger partial charge in [-0.2, -0.15) is 9.78 Å². The van der Waals surface area contributed by atoms with E-state index in [9.17, 15) is 4.79 Å². The predicted octanol–water partition coefficient (Wildman–Crippen LogP) is 5.64. The molecule has 0 fully saturated rings. The second-order valence-corrected chi connectivity index (χ2v) is 9.64.